The van der Waals surface area contributed by atoms with Gasteiger partial charge in [-0.15, -0.1) is 24.8 Å². The molecule has 8 heteroatoms. The number of nitrogens with one attached hydrogen (secondary N) is 2. The molecule has 1 unspecified atom stereocenters. The predicted octanol–water partition coefficient (Wildman–Crippen LogP) is 1.61. The highest BCUT2D eigenvalue weighted by molar-refractivity contribution is 5.85. The second-order valence-electron chi connectivity index (χ2n) is 6.01. The molecule has 3 rings (SSSR count). The van der Waals surface area contributed by atoms with Crippen molar-refractivity contribution >= 4 is 36.4 Å². The van der Waals surface area contributed by atoms with Crippen LogP contribution in [0.3, 0.4) is 0 Å². The summed E-state index contributed by atoms with van der Waals surface area (Å²) in [4.78, 5) is 14.5. The number of rotatable bonds is 4. The first kappa shape index (κ1) is 21.8. The molecule has 0 spiro atoms. The van der Waals surface area contributed by atoms with Crippen molar-refractivity contribution < 1.29 is 14.3 Å². The molecule has 0 radical (unpaired) electrons. The number of benzene rings is 1. The molecule has 0 saturated carbocycles. The quantitative estimate of drug-likeness (QED) is 0.816. The number of piperidine rings is 1. The number of methoxy groups -OCH3 is 1. The number of ether oxygens (including phenoxy) is 2. The normalized spacial score (nSPS) is 20.8. The smallest absolute Gasteiger partial charge is 0.250 e. The van der Waals surface area contributed by atoms with Crippen molar-refractivity contribution in [3.05, 3.63) is 24.3 Å². The Kier molecular flexibility index (Phi) is 9.35. The molecule has 1 atom stereocenters. The Balaban J connectivity index is 0.00000156. The third kappa shape index (κ3) is 5.64. The minimum atomic E-state index is -0.351. The highest BCUT2D eigenvalue weighted by atomic mass is 35.5. The molecule has 2 saturated heterocycles. The van der Waals surface area contributed by atoms with Gasteiger partial charge in [0.25, 0.3) is 5.91 Å². The van der Waals surface area contributed by atoms with Gasteiger partial charge in [-0.3, -0.25) is 4.79 Å². The predicted molar refractivity (Wildman–Crippen MR) is 103 cm³/mol. The molecule has 2 heterocycles. The summed E-state index contributed by atoms with van der Waals surface area (Å²) in [5, 5.41) is 6.31. The maximum Gasteiger partial charge on any atom is 0.250 e. The van der Waals surface area contributed by atoms with Gasteiger partial charge >= 0.3 is 0 Å². The van der Waals surface area contributed by atoms with Crippen LogP contribution >= 0.6 is 24.8 Å². The third-order valence-corrected chi connectivity index (χ3v) is 4.49. The summed E-state index contributed by atoms with van der Waals surface area (Å²) >= 11 is 0. The summed E-state index contributed by atoms with van der Waals surface area (Å²) in [6.07, 6.45) is 1.52. The maximum absolute atomic E-state index is 12.2. The number of hydrogen-bond donors (Lipinski definition) is 2. The Hall–Kier alpha value is -1.21. The average Bonchev–Trinajstić information content (AvgIpc) is 2.63. The summed E-state index contributed by atoms with van der Waals surface area (Å²) < 4.78 is 10.9. The second kappa shape index (κ2) is 10.7. The van der Waals surface area contributed by atoms with Crippen LogP contribution in [0.4, 0.5) is 5.69 Å². The summed E-state index contributed by atoms with van der Waals surface area (Å²) in [6.45, 7) is 3.85. The number of halogens is 2. The highest BCUT2D eigenvalue weighted by Crippen LogP contribution is 2.29. The van der Waals surface area contributed by atoms with E-state index in [2.05, 4.69) is 21.6 Å². The van der Waals surface area contributed by atoms with E-state index in [0.717, 1.165) is 43.9 Å². The molecule has 1 aromatic carbocycles. The van der Waals surface area contributed by atoms with E-state index in [-0.39, 0.29) is 42.9 Å². The van der Waals surface area contributed by atoms with Crippen LogP contribution in [0.2, 0.25) is 0 Å². The number of carbonyl (C=O) groups excluding carboxylic acids is 1. The van der Waals surface area contributed by atoms with E-state index >= 15 is 0 Å². The van der Waals surface area contributed by atoms with Crippen molar-refractivity contribution in [3.8, 4) is 5.75 Å². The molecule has 2 aliphatic rings. The van der Waals surface area contributed by atoms with Crippen molar-refractivity contribution in [3.63, 3.8) is 0 Å². The monoisotopic (exact) mass is 391 g/mol. The average molecular weight is 392 g/mol. The van der Waals surface area contributed by atoms with Gasteiger partial charge in [-0.1, -0.05) is 12.1 Å². The molecule has 1 aromatic rings. The standard InChI is InChI=1S/C17H25N3O3.2ClH/c1-22-15-5-3-2-4-14(15)20-9-6-13(7-10-20)19-17(21)16-12-18-8-11-23-16;;/h2-5,13,16,18H,6-12H2,1H3,(H,19,21);2*1H. The van der Waals surface area contributed by atoms with E-state index in [0.29, 0.717) is 13.2 Å². The van der Waals surface area contributed by atoms with Gasteiger partial charge in [0.05, 0.1) is 19.4 Å². The summed E-state index contributed by atoms with van der Waals surface area (Å²) in [5.41, 5.74) is 1.12. The Labute approximate surface area is 161 Å². The molecule has 25 heavy (non-hydrogen) atoms. The minimum Gasteiger partial charge on any atom is -0.495 e. The molecule has 1 amide bonds. The zero-order valence-electron chi connectivity index (χ0n) is 14.4. The first-order valence-electron chi connectivity index (χ1n) is 8.28. The topological polar surface area (TPSA) is 62.8 Å². The summed E-state index contributed by atoms with van der Waals surface area (Å²) in [6, 6.07) is 8.29. The lowest BCUT2D eigenvalue weighted by Gasteiger charge is -2.35. The zero-order chi connectivity index (χ0) is 16.1. The highest BCUT2D eigenvalue weighted by Gasteiger charge is 2.27. The lowest BCUT2D eigenvalue weighted by Crippen LogP contribution is -2.52. The van der Waals surface area contributed by atoms with Crippen molar-refractivity contribution in [2.45, 2.75) is 25.0 Å². The lowest BCUT2D eigenvalue weighted by atomic mass is 10.0. The van der Waals surface area contributed by atoms with E-state index in [9.17, 15) is 4.79 Å². The first-order chi connectivity index (χ1) is 11.3. The van der Waals surface area contributed by atoms with Crippen LogP contribution in [0.15, 0.2) is 24.3 Å². The number of morpholine rings is 1. The van der Waals surface area contributed by atoms with E-state index in [1.165, 1.54) is 0 Å². The molecule has 0 aromatic heterocycles. The molecule has 2 aliphatic heterocycles. The van der Waals surface area contributed by atoms with Crippen LogP contribution in [0.25, 0.3) is 0 Å². The van der Waals surface area contributed by atoms with Gasteiger partial charge in [-0.05, 0) is 25.0 Å². The van der Waals surface area contributed by atoms with E-state index in [1.807, 2.05) is 18.2 Å². The largest absolute Gasteiger partial charge is 0.495 e. The number of para-hydroxylation sites is 2. The van der Waals surface area contributed by atoms with Crippen molar-refractivity contribution in [2.24, 2.45) is 0 Å². The molecule has 0 bridgehead atoms. The van der Waals surface area contributed by atoms with Crippen LogP contribution in [-0.4, -0.2) is 57.9 Å². The lowest BCUT2D eigenvalue weighted by molar-refractivity contribution is -0.135. The van der Waals surface area contributed by atoms with Crippen LogP contribution in [-0.2, 0) is 9.53 Å². The van der Waals surface area contributed by atoms with Crippen molar-refractivity contribution in [2.75, 3.05) is 44.8 Å². The fourth-order valence-electron chi connectivity index (χ4n) is 3.18. The van der Waals surface area contributed by atoms with Crippen LogP contribution < -0.4 is 20.3 Å². The van der Waals surface area contributed by atoms with Crippen molar-refractivity contribution in [1.82, 2.24) is 10.6 Å². The first-order valence-corrected chi connectivity index (χ1v) is 8.28. The minimum absolute atomic E-state index is 0. The molecular formula is C17H27Cl2N3O3. The fraction of sp³-hybridized carbons (Fsp3) is 0.588. The molecule has 142 valence electrons. The van der Waals surface area contributed by atoms with Crippen molar-refractivity contribution in [1.29, 1.82) is 0 Å². The van der Waals surface area contributed by atoms with E-state index in [1.54, 1.807) is 7.11 Å². The van der Waals surface area contributed by atoms with E-state index in [4.69, 9.17) is 9.47 Å². The molecule has 2 N–H and O–H groups in total. The van der Waals surface area contributed by atoms with E-state index < -0.39 is 0 Å². The van der Waals surface area contributed by atoms with Gasteiger partial charge < -0.3 is 25.0 Å². The summed E-state index contributed by atoms with van der Waals surface area (Å²) in [5.74, 6) is 0.907. The molecule has 0 aliphatic carbocycles. The van der Waals surface area contributed by atoms with Gasteiger partial charge in [0, 0.05) is 32.2 Å². The Morgan fingerprint density at radius 3 is 2.64 bits per heavy atom. The van der Waals surface area contributed by atoms with Gasteiger partial charge in [-0.25, -0.2) is 0 Å². The number of hydrogen-bond acceptors (Lipinski definition) is 5. The van der Waals surface area contributed by atoms with Gasteiger partial charge in [-0.2, -0.15) is 0 Å². The zero-order valence-corrected chi connectivity index (χ0v) is 16.0. The van der Waals surface area contributed by atoms with Gasteiger partial charge in [0.15, 0.2) is 0 Å². The Morgan fingerprint density at radius 1 is 1.28 bits per heavy atom. The van der Waals surface area contributed by atoms with Gasteiger partial charge in [0.1, 0.15) is 11.9 Å². The van der Waals surface area contributed by atoms with Crippen LogP contribution in [0.5, 0.6) is 5.75 Å². The SMILES string of the molecule is COc1ccccc1N1CCC(NC(=O)C2CNCCO2)CC1.Cl.Cl. The molecular weight excluding hydrogens is 365 g/mol. The number of anilines is 1. The number of carbonyl (C=O) groups is 1. The van der Waals surface area contributed by atoms with Crippen LogP contribution in [0, 0.1) is 0 Å². The third-order valence-electron chi connectivity index (χ3n) is 4.49. The second-order valence-corrected chi connectivity index (χ2v) is 6.01. The van der Waals surface area contributed by atoms with Crippen LogP contribution in [0.1, 0.15) is 12.8 Å². The fourth-order valence-corrected chi connectivity index (χ4v) is 3.18. The number of amides is 1. The maximum atomic E-state index is 12.2. The molecule has 6 nitrogen and oxygen atoms in total. The summed E-state index contributed by atoms with van der Waals surface area (Å²) in [7, 11) is 1.70. The van der Waals surface area contributed by atoms with Gasteiger partial charge in [0.2, 0.25) is 0 Å². The Morgan fingerprint density at radius 2 is 2.00 bits per heavy atom. The molecule has 2 fully saturated rings. The number of nitrogens with zero attached hydrogens (tertiary/aromatic N) is 1. The Bertz CT molecular complexity index is 534.